The topological polar surface area (TPSA) is 315 Å². The van der Waals surface area contributed by atoms with Gasteiger partial charge in [-0.05, 0) is 60.8 Å². The van der Waals surface area contributed by atoms with Crippen LogP contribution in [0.5, 0.6) is 0 Å². The number of hydrogen-bond acceptors (Lipinski definition) is 12. The normalized spacial score (nSPS) is 21.2. The van der Waals surface area contributed by atoms with Gasteiger partial charge in [-0.15, -0.1) is 5.10 Å². The SMILES string of the molecule is CC(=O)N[C@@H](CCC(=O)O)C(=O)N[C@H]1CCCn2nncc2COC[C@H](C(=O)N[C@@H](CC(C)C)C(N)=O)NC(=O)[C@H](Cc2cccc3ccccc23)NC(=O)[C@@H]2CCCN2C(=O)CNC1=O. The van der Waals surface area contributed by atoms with Gasteiger partial charge in [-0.1, -0.05) is 61.5 Å². The van der Waals surface area contributed by atoms with Crippen LogP contribution in [-0.4, -0.2) is 134 Å². The summed E-state index contributed by atoms with van der Waals surface area (Å²) in [7, 11) is 0. The number of benzene rings is 2. The highest BCUT2D eigenvalue weighted by Gasteiger charge is 2.38. The number of aryl methyl sites for hydroxylation is 1. The molecule has 8 amide bonds. The van der Waals surface area contributed by atoms with Crippen molar-refractivity contribution in [1.82, 2.24) is 51.8 Å². The third kappa shape index (κ3) is 14.3. The predicted molar refractivity (Wildman–Crippen MR) is 235 cm³/mol. The number of carbonyl (C=O) groups is 9. The quantitative estimate of drug-likeness (QED) is 0.101. The number of nitrogens with one attached hydrogen (secondary N) is 6. The summed E-state index contributed by atoms with van der Waals surface area (Å²) in [6.07, 6.45) is 1.74. The number of aromatic nitrogens is 3. The lowest BCUT2D eigenvalue weighted by atomic mass is 9.97. The minimum atomic E-state index is -1.40. The lowest BCUT2D eigenvalue weighted by Crippen LogP contribution is -2.59. The average Bonchev–Trinajstić information content (AvgIpc) is 3.95. The molecule has 3 heterocycles. The van der Waals surface area contributed by atoms with E-state index in [9.17, 15) is 48.3 Å². The first kappa shape index (κ1) is 50.0. The van der Waals surface area contributed by atoms with Gasteiger partial charge in [0.25, 0.3) is 0 Å². The molecular weight excluding hydrogens is 859 g/mol. The van der Waals surface area contributed by atoms with Crippen molar-refractivity contribution in [3.63, 3.8) is 0 Å². The van der Waals surface area contributed by atoms with Crippen molar-refractivity contribution < 1.29 is 53.0 Å². The Balaban J connectivity index is 1.47. The molecule has 0 bridgehead atoms. The monoisotopic (exact) mass is 917 g/mol. The third-order valence-electron chi connectivity index (χ3n) is 11.3. The predicted octanol–water partition coefficient (Wildman–Crippen LogP) is -1.07. The zero-order valence-corrected chi connectivity index (χ0v) is 37.2. The van der Waals surface area contributed by atoms with Gasteiger partial charge in [-0.2, -0.15) is 0 Å². The second-order valence-electron chi connectivity index (χ2n) is 16.9. The van der Waals surface area contributed by atoms with Crippen molar-refractivity contribution in [2.45, 2.75) is 122 Å². The molecule has 0 spiro atoms. The van der Waals surface area contributed by atoms with E-state index in [-0.39, 0.29) is 64.1 Å². The Bertz CT molecular complexity index is 2260. The smallest absolute Gasteiger partial charge is 0.303 e. The maximum absolute atomic E-state index is 14.5. The van der Waals surface area contributed by atoms with Crippen molar-refractivity contribution in [2.75, 3.05) is 19.7 Å². The number of primary amides is 1. The highest BCUT2D eigenvalue weighted by molar-refractivity contribution is 5.97. The van der Waals surface area contributed by atoms with E-state index in [1.807, 2.05) is 56.3 Å². The van der Waals surface area contributed by atoms with Crippen molar-refractivity contribution in [1.29, 1.82) is 0 Å². The minimum Gasteiger partial charge on any atom is -0.481 e. The molecule has 1 fully saturated rings. The number of rotatable bonds is 13. The Morgan fingerprint density at radius 2 is 1.67 bits per heavy atom. The second-order valence-corrected chi connectivity index (χ2v) is 16.9. The lowest BCUT2D eigenvalue weighted by molar-refractivity contribution is -0.140. The summed E-state index contributed by atoms with van der Waals surface area (Å²) >= 11 is 0. The molecule has 9 N–H and O–H groups in total. The number of nitrogens with zero attached hydrogens (tertiary/aromatic N) is 4. The highest BCUT2D eigenvalue weighted by Crippen LogP contribution is 2.22. The summed E-state index contributed by atoms with van der Waals surface area (Å²) in [5, 5.41) is 34.8. The van der Waals surface area contributed by atoms with Crippen molar-refractivity contribution in [2.24, 2.45) is 11.7 Å². The first-order valence-electron chi connectivity index (χ1n) is 22.0. The summed E-state index contributed by atoms with van der Waals surface area (Å²) in [4.78, 5) is 121. The minimum absolute atomic E-state index is 0.0177. The number of fused-ring (bicyclic) bond motifs is 3. The first-order chi connectivity index (χ1) is 31.5. The van der Waals surface area contributed by atoms with Gasteiger partial charge in [-0.25, -0.2) is 4.68 Å². The Morgan fingerprint density at radius 1 is 0.924 bits per heavy atom. The molecule has 6 atom stereocenters. The highest BCUT2D eigenvalue weighted by atomic mass is 16.5. The number of aliphatic carboxylic acids is 1. The standard InChI is InChI=1S/C44H59N11O11/c1-25(2)19-33(39(45)60)50-43(64)35-24-66-23-29-21-47-53-55(29)18-7-13-31(49-41(62)32(48-26(3)56)15-16-38(58)59)40(61)46-22-37(57)54-17-8-14-36(54)44(65)51-34(42(63)52-35)20-28-11-6-10-27-9-4-5-12-30(27)28/h4-6,9-12,21,25,31-36H,7-8,13-20,22-24H2,1-3H3,(H2,45,60)(H,46,61)(H,48,56)(H,49,62)(H,50,64)(H,51,65)(H,52,63)(H,58,59)/t31-,32-,33-,34-,35+,36-/m0/s1. The molecule has 2 aliphatic heterocycles. The number of amides is 8. The number of carboxylic acids is 1. The van der Waals surface area contributed by atoms with E-state index in [0.717, 1.165) is 17.7 Å². The van der Waals surface area contributed by atoms with Gasteiger partial charge in [0.2, 0.25) is 47.3 Å². The molecule has 1 saturated heterocycles. The van der Waals surface area contributed by atoms with Gasteiger partial charge in [0.15, 0.2) is 0 Å². The van der Waals surface area contributed by atoms with Crippen molar-refractivity contribution >= 4 is 64.0 Å². The number of hydrogen-bond donors (Lipinski definition) is 8. The number of carboxylic acid groups (broad SMARTS) is 1. The van der Waals surface area contributed by atoms with Gasteiger partial charge >= 0.3 is 5.97 Å². The fourth-order valence-corrected chi connectivity index (χ4v) is 7.97. The van der Waals surface area contributed by atoms with Crippen LogP contribution in [0.15, 0.2) is 48.7 Å². The summed E-state index contributed by atoms with van der Waals surface area (Å²) in [5.41, 5.74) is 6.79. The van der Waals surface area contributed by atoms with Crippen LogP contribution in [0.1, 0.15) is 77.0 Å². The summed E-state index contributed by atoms with van der Waals surface area (Å²) in [6, 6.07) is 5.66. The maximum Gasteiger partial charge on any atom is 0.303 e. The van der Waals surface area contributed by atoms with Crippen molar-refractivity contribution in [3.05, 3.63) is 59.9 Å². The van der Waals surface area contributed by atoms with E-state index in [1.165, 1.54) is 15.8 Å². The van der Waals surface area contributed by atoms with Gasteiger partial charge in [-0.3, -0.25) is 43.2 Å². The fraction of sp³-hybridized carbons (Fsp3) is 0.523. The zero-order valence-electron chi connectivity index (χ0n) is 37.2. The van der Waals surface area contributed by atoms with Gasteiger partial charge < -0.3 is 52.4 Å². The molecule has 2 aliphatic rings. The van der Waals surface area contributed by atoms with E-state index in [4.69, 9.17) is 10.5 Å². The molecule has 1 aromatic heterocycles. The van der Waals surface area contributed by atoms with Crippen LogP contribution < -0.4 is 37.6 Å². The van der Waals surface area contributed by atoms with Crippen LogP contribution >= 0.6 is 0 Å². The first-order valence-corrected chi connectivity index (χ1v) is 22.0. The second kappa shape index (κ2) is 23.8. The third-order valence-corrected chi connectivity index (χ3v) is 11.3. The number of nitrogens with two attached hydrogens (primary N) is 1. The molecule has 3 aromatic rings. The van der Waals surface area contributed by atoms with E-state index >= 15 is 0 Å². The van der Waals surface area contributed by atoms with Gasteiger partial charge in [0.05, 0.1) is 31.6 Å². The molecule has 22 heteroatoms. The van der Waals surface area contributed by atoms with Crippen molar-refractivity contribution in [3.8, 4) is 0 Å². The molecule has 0 aliphatic carbocycles. The molecule has 66 heavy (non-hydrogen) atoms. The summed E-state index contributed by atoms with van der Waals surface area (Å²) in [6.45, 7) is 4.02. The van der Waals surface area contributed by atoms with Crippen LogP contribution in [0.3, 0.4) is 0 Å². The zero-order chi connectivity index (χ0) is 47.9. The molecule has 22 nitrogen and oxygen atoms in total. The van der Waals surface area contributed by atoms with Crippen LogP contribution in [0.25, 0.3) is 10.8 Å². The Hall–Kier alpha value is -6.97. The lowest BCUT2D eigenvalue weighted by Gasteiger charge is -2.28. The summed E-state index contributed by atoms with van der Waals surface area (Å²) < 4.78 is 7.46. The van der Waals surface area contributed by atoms with E-state index in [1.54, 1.807) is 0 Å². The van der Waals surface area contributed by atoms with Crippen LogP contribution in [-0.2, 0) is 67.5 Å². The van der Waals surface area contributed by atoms with Gasteiger partial charge in [0.1, 0.15) is 36.3 Å². The van der Waals surface area contributed by atoms with Crippen LogP contribution in [0.2, 0.25) is 0 Å². The number of ether oxygens (including phenoxy) is 1. The molecule has 0 unspecified atom stereocenters. The molecule has 2 aromatic carbocycles. The average molecular weight is 918 g/mol. The Kier molecular flexibility index (Phi) is 18.1. The van der Waals surface area contributed by atoms with E-state index in [0.29, 0.717) is 17.7 Å². The molecule has 0 saturated carbocycles. The Morgan fingerprint density at radius 3 is 2.39 bits per heavy atom. The molecular formula is C44H59N11O11. The van der Waals surface area contributed by atoms with Gasteiger partial charge in [0, 0.05) is 32.9 Å². The molecule has 0 radical (unpaired) electrons. The number of carbonyl (C=O) groups excluding carboxylic acids is 8. The maximum atomic E-state index is 14.5. The Labute approximate surface area is 380 Å². The van der Waals surface area contributed by atoms with E-state index in [2.05, 4.69) is 42.2 Å². The van der Waals surface area contributed by atoms with Crippen LogP contribution in [0.4, 0.5) is 0 Å². The van der Waals surface area contributed by atoms with E-state index < -0.39 is 109 Å². The molecule has 356 valence electrons. The van der Waals surface area contributed by atoms with Crippen LogP contribution in [0, 0.1) is 5.92 Å². The summed E-state index contributed by atoms with van der Waals surface area (Å²) in [5.74, 6) is -6.97. The molecule has 5 rings (SSSR count). The largest absolute Gasteiger partial charge is 0.481 e. The fourth-order valence-electron chi connectivity index (χ4n) is 7.97.